The number of benzene rings is 2. The standard InChI is InChI=1S/C48H54N4O11/c1-26(49-39(57)17-19-52-40(58)14-15-41(52)59)43(60)50-27(2)44(61)51-32-7-5-6-29(21-32)20-28-8-10-30(11-9-28)45-62-38-23-35-34-13-12-31-22-33(54)16-18-46(31,3)42(34)36(55)24-47(35,4)48(38,63-45)37(56)25-53/h5-11,14-16,18,21-22,26-27,34-36,38,42,45,53,55H,12-13,17,19-20,23-25H2,1-4H3,(H,49,57)(H,50,60)(H,51,61)/t26-,27-,34+,35+,36+,38-,42-,45-,46+,47+,48-/m1/s1. The molecule has 0 spiro atoms. The summed E-state index contributed by atoms with van der Waals surface area (Å²) in [6.45, 7) is 6.27. The van der Waals surface area contributed by atoms with E-state index in [4.69, 9.17) is 9.47 Å². The van der Waals surface area contributed by atoms with Crippen LogP contribution in [0.15, 0.2) is 84.5 Å². The van der Waals surface area contributed by atoms with Crippen LogP contribution in [-0.4, -0.2) is 99.3 Å². The Morgan fingerprint density at radius 3 is 2.35 bits per heavy atom. The Morgan fingerprint density at radius 1 is 0.921 bits per heavy atom. The van der Waals surface area contributed by atoms with Crippen molar-refractivity contribution >= 4 is 46.8 Å². The molecule has 6 aliphatic rings. The zero-order valence-electron chi connectivity index (χ0n) is 35.8. The molecule has 15 heteroatoms. The number of nitrogens with one attached hydrogen (secondary N) is 3. The van der Waals surface area contributed by atoms with E-state index in [0.29, 0.717) is 30.5 Å². The Hall–Kier alpha value is -5.61. The van der Waals surface area contributed by atoms with Gasteiger partial charge in [-0.3, -0.25) is 38.5 Å². The summed E-state index contributed by atoms with van der Waals surface area (Å²) < 4.78 is 13.4. The highest BCUT2D eigenvalue weighted by Crippen LogP contribution is 2.70. The second kappa shape index (κ2) is 16.8. The molecule has 8 rings (SSSR count). The normalized spacial score (nSPS) is 32.5. The largest absolute Gasteiger partial charge is 0.393 e. The fraction of sp³-hybridized carbons (Fsp3) is 0.479. The maximum atomic E-state index is 13.9. The van der Waals surface area contributed by atoms with Crippen LogP contribution in [0.2, 0.25) is 0 Å². The van der Waals surface area contributed by atoms with E-state index in [1.54, 1.807) is 18.2 Å². The first-order chi connectivity index (χ1) is 30.0. The van der Waals surface area contributed by atoms with E-state index >= 15 is 0 Å². The monoisotopic (exact) mass is 862 g/mol. The summed E-state index contributed by atoms with van der Waals surface area (Å²) in [5.74, 6) is -3.15. The summed E-state index contributed by atoms with van der Waals surface area (Å²) in [7, 11) is 0. The number of aliphatic hydroxyl groups excluding tert-OH is 2. The predicted molar refractivity (Wildman–Crippen MR) is 227 cm³/mol. The van der Waals surface area contributed by atoms with Gasteiger partial charge in [0.2, 0.25) is 17.7 Å². The molecule has 2 aromatic carbocycles. The third kappa shape index (κ3) is 7.78. The Morgan fingerprint density at radius 2 is 1.63 bits per heavy atom. The van der Waals surface area contributed by atoms with Crippen molar-refractivity contribution in [3.05, 3.63) is 101 Å². The number of hydrogen-bond donors (Lipinski definition) is 5. The Balaban J connectivity index is 0.869. The minimum absolute atomic E-state index is 0.0106. The van der Waals surface area contributed by atoms with Crippen molar-refractivity contribution in [1.82, 2.24) is 15.5 Å². The van der Waals surface area contributed by atoms with Crippen molar-refractivity contribution in [2.75, 3.05) is 18.5 Å². The summed E-state index contributed by atoms with van der Waals surface area (Å²) in [6.07, 6.45) is 7.96. The molecule has 0 unspecified atom stereocenters. The second-order valence-electron chi connectivity index (χ2n) is 18.4. The van der Waals surface area contributed by atoms with Gasteiger partial charge in [0, 0.05) is 53.1 Å². The number of hydrogen-bond acceptors (Lipinski definition) is 11. The van der Waals surface area contributed by atoms with Crippen molar-refractivity contribution in [3.8, 4) is 0 Å². The van der Waals surface area contributed by atoms with Crippen molar-refractivity contribution in [1.29, 1.82) is 0 Å². The van der Waals surface area contributed by atoms with E-state index in [9.17, 15) is 43.8 Å². The number of rotatable bonds is 13. The van der Waals surface area contributed by atoms with Gasteiger partial charge in [-0.05, 0) is 93.2 Å². The van der Waals surface area contributed by atoms with Crippen LogP contribution in [-0.2, 0) is 49.5 Å². The lowest BCUT2D eigenvalue weighted by atomic mass is 9.46. The number of Topliss-reactive ketones (excluding diaryl/α,β-unsaturated/α-hetero) is 1. The van der Waals surface area contributed by atoms with Gasteiger partial charge in [-0.25, -0.2) is 0 Å². The first-order valence-electron chi connectivity index (χ1n) is 21.7. The summed E-state index contributed by atoms with van der Waals surface area (Å²) in [5.41, 5.74) is 1.42. The second-order valence-corrected chi connectivity index (χ2v) is 18.4. The first kappa shape index (κ1) is 44.0. The fourth-order valence-electron chi connectivity index (χ4n) is 11.5. The van der Waals surface area contributed by atoms with Gasteiger partial charge in [0.25, 0.3) is 11.8 Å². The quantitative estimate of drug-likeness (QED) is 0.184. The maximum absolute atomic E-state index is 13.9. The van der Waals surface area contributed by atoms with E-state index in [-0.39, 0.29) is 36.5 Å². The molecular formula is C48H54N4O11. The fourth-order valence-corrected chi connectivity index (χ4v) is 11.5. The minimum Gasteiger partial charge on any atom is -0.393 e. The van der Waals surface area contributed by atoms with Crippen molar-refractivity contribution in [3.63, 3.8) is 0 Å². The summed E-state index contributed by atoms with van der Waals surface area (Å²) in [6, 6.07) is 13.0. The van der Waals surface area contributed by atoms with E-state index in [0.717, 1.165) is 46.6 Å². The number of nitrogens with zero attached hydrogens (tertiary/aromatic N) is 1. The van der Waals surface area contributed by atoms with Gasteiger partial charge in [-0.1, -0.05) is 61.9 Å². The lowest BCUT2D eigenvalue weighted by Gasteiger charge is -2.59. The number of carbonyl (C=O) groups is 7. The Kier molecular flexibility index (Phi) is 11.8. The van der Waals surface area contributed by atoms with E-state index in [1.807, 2.05) is 55.5 Å². The number of ketones is 2. The van der Waals surface area contributed by atoms with Crippen LogP contribution in [0.1, 0.15) is 82.8 Å². The summed E-state index contributed by atoms with van der Waals surface area (Å²) in [4.78, 5) is 88.8. The molecule has 1 saturated heterocycles. The molecule has 3 saturated carbocycles. The zero-order valence-corrected chi connectivity index (χ0v) is 35.8. The van der Waals surface area contributed by atoms with Crippen LogP contribution < -0.4 is 16.0 Å². The van der Waals surface area contributed by atoms with Gasteiger partial charge in [0.05, 0.1) is 12.2 Å². The van der Waals surface area contributed by atoms with Gasteiger partial charge in [0.1, 0.15) is 18.7 Å². The molecule has 2 aliphatic heterocycles. The van der Waals surface area contributed by atoms with Crippen molar-refractivity contribution in [2.45, 2.75) is 102 Å². The molecule has 4 fully saturated rings. The molecule has 0 aromatic heterocycles. The van der Waals surface area contributed by atoms with Crippen molar-refractivity contribution < 1.29 is 53.2 Å². The maximum Gasteiger partial charge on any atom is 0.253 e. The highest BCUT2D eigenvalue weighted by molar-refractivity contribution is 6.13. The molecule has 15 nitrogen and oxygen atoms in total. The number of anilines is 1. The van der Waals surface area contributed by atoms with Crippen LogP contribution in [0.5, 0.6) is 0 Å². The minimum atomic E-state index is -1.45. The molecule has 2 heterocycles. The van der Waals surface area contributed by atoms with Crippen LogP contribution in [0, 0.1) is 28.6 Å². The Labute approximate surface area is 365 Å². The molecule has 0 radical (unpaired) electrons. The molecular weight excluding hydrogens is 809 g/mol. The number of fused-ring (bicyclic) bond motifs is 7. The summed E-state index contributed by atoms with van der Waals surface area (Å²) in [5, 5.41) is 30.2. The molecule has 5 N–H and O–H groups in total. The molecule has 2 aromatic rings. The number of carbonyl (C=O) groups excluding carboxylic acids is 7. The summed E-state index contributed by atoms with van der Waals surface area (Å²) >= 11 is 0. The molecule has 63 heavy (non-hydrogen) atoms. The predicted octanol–water partition coefficient (Wildman–Crippen LogP) is 3.14. The van der Waals surface area contributed by atoms with Gasteiger partial charge in [0.15, 0.2) is 23.5 Å². The SMILES string of the molecule is C[C@@H](NC(=O)CCN1C(=O)C=CC1=O)C(=O)N[C@H](C)C(=O)Nc1cccc(Cc2ccc([C@@H]3O[C@@H]4C[C@H]5[C@@H]6CCC7=CC(=O)C=C[C@]7(C)[C@H]6[C@@H](O)C[C@]5(C)[C@]4(C(=O)CO)O3)cc2)c1. The highest BCUT2D eigenvalue weighted by Gasteiger charge is 2.76. The number of ether oxygens (including phenoxy) is 2. The zero-order chi connectivity index (χ0) is 45.0. The first-order valence-corrected chi connectivity index (χ1v) is 21.7. The molecule has 332 valence electrons. The molecule has 4 aliphatic carbocycles. The van der Waals surface area contributed by atoms with Crippen molar-refractivity contribution in [2.24, 2.45) is 28.6 Å². The van der Waals surface area contributed by atoms with E-state index < -0.39 is 88.9 Å². The number of imide groups is 1. The smallest absolute Gasteiger partial charge is 0.253 e. The van der Waals surface area contributed by atoms with E-state index in [2.05, 4.69) is 22.9 Å². The van der Waals surface area contributed by atoms with Gasteiger partial charge in [-0.2, -0.15) is 0 Å². The third-order valence-corrected chi connectivity index (χ3v) is 14.6. The van der Waals surface area contributed by atoms with Crippen LogP contribution in [0.25, 0.3) is 0 Å². The van der Waals surface area contributed by atoms with Gasteiger partial charge >= 0.3 is 0 Å². The van der Waals surface area contributed by atoms with Gasteiger partial charge < -0.3 is 35.6 Å². The lowest BCUT2D eigenvalue weighted by Crippen LogP contribution is -2.63. The highest BCUT2D eigenvalue weighted by atomic mass is 16.7. The van der Waals surface area contributed by atoms with Crippen LogP contribution in [0.4, 0.5) is 5.69 Å². The molecule has 5 amide bonds. The average Bonchev–Trinajstić information content (AvgIpc) is 3.87. The van der Waals surface area contributed by atoms with Crippen LogP contribution >= 0.6 is 0 Å². The van der Waals surface area contributed by atoms with Gasteiger partial charge in [-0.15, -0.1) is 0 Å². The van der Waals surface area contributed by atoms with E-state index in [1.165, 1.54) is 13.8 Å². The molecule has 0 bridgehead atoms. The topological polar surface area (TPSA) is 218 Å². The Bertz CT molecular complexity index is 2320. The number of aliphatic hydroxyl groups is 2. The average molecular weight is 863 g/mol. The van der Waals surface area contributed by atoms with Crippen LogP contribution in [0.3, 0.4) is 0 Å². The third-order valence-electron chi connectivity index (χ3n) is 14.6. The number of amides is 5. The number of allylic oxidation sites excluding steroid dienone is 4. The lowest BCUT2D eigenvalue weighted by molar-refractivity contribution is -0.201. The molecule has 11 atom stereocenters.